The average molecular weight is 471 g/mol. The normalized spacial score (nSPS) is 10.8. The Bertz CT molecular complexity index is 1280. The summed E-state index contributed by atoms with van der Waals surface area (Å²) in [6, 6.07) is 9.17. The number of carbonyl (C=O) groups excluding carboxylic acids is 1. The van der Waals surface area contributed by atoms with Crippen LogP contribution in [0, 0.1) is 12.7 Å². The lowest BCUT2D eigenvalue weighted by Crippen LogP contribution is -2.28. The topological polar surface area (TPSA) is 86.1 Å². The Morgan fingerprint density at radius 3 is 2.33 bits per heavy atom. The minimum atomic E-state index is -0.373. The molecular formula is C23H23FN4O4S. The summed E-state index contributed by atoms with van der Waals surface area (Å²) in [6.45, 7) is 2.30. The Balaban J connectivity index is 1.45. The fraction of sp³-hybridized carbons (Fsp3) is 0.217. The van der Waals surface area contributed by atoms with E-state index in [9.17, 15) is 9.18 Å². The van der Waals surface area contributed by atoms with Crippen LogP contribution in [0.3, 0.4) is 0 Å². The largest absolute Gasteiger partial charge is 0.493 e. The maximum atomic E-state index is 13.2. The molecule has 4 aromatic rings. The van der Waals surface area contributed by atoms with E-state index in [0.717, 1.165) is 26.8 Å². The number of carbonyl (C=O) groups is 1. The van der Waals surface area contributed by atoms with Crippen molar-refractivity contribution < 1.29 is 23.4 Å². The summed E-state index contributed by atoms with van der Waals surface area (Å²) in [5.74, 6) is 1.05. The van der Waals surface area contributed by atoms with Gasteiger partial charge in [-0.15, -0.1) is 0 Å². The third kappa shape index (κ3) is 4.56. The molecule has 10 heteroatoms. The molecule has 0 saturated carbocycles. The molecule has 0 radical (unpaired) electrons. The fourth-order valence-electron chi connectivity index (χ4n) is 3.41. The van der Waals surface area contributed by atoms with Gasteiger partial charge >= 0.3 is 6.03 Å². The summed E-state index contributed by atoms with van der Waals surface area (Å²) in [5, 5.41) is 5.64. The van der Waals surface area contributed by atoms with E-state index >= 15 is 0 Å². The highest BCUT2D eigenvalue weighted by Crippen LogP contribution is 2.39. The lowest BCUT2D eigenvalue weighted by atomic mass is 10.2. The number of hydrogen-bond acceptors (Lipinski definition) is 6. The number of halogens is 1. The molecule has 0 aliphatic heterocycles. The first kappa shape index (κ1) is 22.4. The van der Waals surface area contributed by atoms with E-state index in [4.69, 9.17) is 14.2 Å². The van der Waals surface area contributed by atoms with Gasteiger partial charge in [0.2, 0.25) is 5.75 Å². The van der Waals surface area contributed by atoms with Crippen LogP contribution in [0.25, 0.3) is 16.2 Å². The van der Waals surface area contributed by atoms with E-state index in [1.165, 1.54) is 44.8 Å². The first-order chi connectivity index (χ1) is 15.9. The van der Waals surface area contributed by atoms with Gasteiger partial charge in [0, 0.05) is 34.5 Å². The second kappa shape index (κ2) is 9.37. The van der Waals surface area contributed by atoms with Crippen LogP contribution in [0.4, 0.5) is 14.9 Å². The summed E-state index contributed by atoms with van der Waals surface area (Å²) in [5.41, 5.74) is 3.09. The number of thiazole rings is 1. The molecule has 0 saturated heterocycles. The Kier molecular flexibility index (Phi) is 6.36. The summed E-state index contributed by atoms with van der Waals surface area (Å²) in [7, 11) is 4.54. The van der Waals surface area contributed by atoms with Gasteiger partial charge in [0.1, 0.15) is 5.82 Å². The summed E-state index contributed by atoms with van der Waals surface area (Å²) in [4.78, 5) is 18.9. The number of rotatable bonds is 7. The molecule has 8 nitrogen and oxygen atoms in total. The van der Waals surface area contributed by atoms with Gasteiger partial charge in [0.15, 0.2) is 16.5 Å². The molecule has 2 heterocycles. The first-order valence-electron chi connectivity index (χ1n) is 10.0. The van der Waals surface area contributed by atoms with Crippen LogP contribution in [0.1, 0.15) is 10.6 Å². The van der Waals surface area contributed by atoms with E-state index in [0.29, 0.717) is 29.5 Å². The number of nitrogens with zero attached hydrogens (tertiary/aromatic N) is 2. The number of aryl methyl sites for hydroxylation is 1. The number of anilines is 1. The van der Waals surface area contributed by atoms with Crippen molar-refractivity contribution in [2.24, 2.45) is 0 Å². The summed E-state index contributed by atoms with van der Waals surface area (Å²) in [6.07, 6.45) is 1.91. The standard InChI is InChI=1S/C23H23FN4O4S/c1-13-20(33-23-27-17(12-28(13)23)14-5-7-15(24)8-6-14)11-25-22(29)26-16-9-18(30-2)21(32-4)19(10-16)31-3/h5-10,12H,11H2,1-4H3,(H2,25,26,29). The van der Waals surface area contributed by atoms with Gasteiger partial charge in [-0.2, -0.15) is 0 Å². The average Bonchev–Trinajstić information content (AvgIpc) is 3.36. The number of ether oxygens (including phenoxy) is 3. The maximum Gasteiger partial charge on any atom is 0.319 e. The molecular weight excluding hydrogens is 447 g/mol. The van der Waals surface area contributed by atoms with Crippen molar-refractivity contribution in [1.82, 2.24) is 14.7 Å². The van der Waals surface area contributed by atoms with Crippen molar-refractivity contribution in [3.8, 4) is 28.5 Å². The number of hydrogen-bond donors (Lipinski definition) is 2. The highest BCUT2D eigenvalue weighted by Gasteiger charge is 2.16. The van der Waals surface area contributed by atoms with E-state index in [-0.39, 0.29) is 11.8 Å². The molecule has 0 spiro atoms. The second-order valence-corrected chi connectivity index (χ2v) is 8.18. The monoisotopic (exact) mass is 470 g/mol. The van der Waals surface area contributed by atoms with E-state index in [1.54, 1.807) is 24.3 Å². The van der Waals surface area contributed by atoms with Gasteiger partial charge in [0.25, 0.3) is 0 Å². The second-order valence-electron chi connectivity index (χ2n) is 7.12. The molecule has 2 aromatic carbocycles. The van der Waals surface area contributed by atoms with Crippen LogP contribution in [0.5, 0.6) is 17.2 Å². The molecule has 4 rings (SSSR count). The van der Waals surface area contributed by atoms with Gasteiger partial charge < -0.3 is 24.8 Å². The number of urea groups is 1. The van der Waals surface area contributed by atoms with E-state index < -0.39 is 0 Å². The Morgan fingerprint density at radius 1 is 1.09 bits per heavy atom. The van der Waals surface area contributed by atoms with Crippen molar-refractivity contribution in [1.29, 1.82) is 0 Å². The molecule has 0 aliphatic rings. The number of nitrogens with one attached hydrogen (secondary N) is 2. The first-order valence-corrected chi connectivity index (χ1v) is 10.8. The lowest BCUT2D eigenvalue weighted by molar-refractivity contribution is 0.252. The predicted octanol–water partition coefficient (Wildman–Crippen LogP) is 4.86. The number of fused-ring (bicyclic) bond motifs is 1. The van der Waals surface area contributed by atoms with Gasteiger partial charge in [-0.25, -0.2) is 14.2 Å². The highest BCUT2D eigenvalue weighted by molar-refractivity contribution is 7.17. The quantitative estimate of drug-likeness (QED) is 0.403. The third-order valence-corrected chi connectivity index (χ3v) is 6.28. The van der Waals surface area contributed by atoms with Gasteiger partial charge in [-0.1, -0.05) is 11.3 Å². The highest BCUT2D eigenvalue weighted by atomic mass is 32.1. The summed E-state index contributed by atoms with van der Waals surface area (Å²) < 4.78 is 31.1. The third-order valence-electron chi connectivity index (χ3n) is 5.13. The van der Waals surface area contributed by atoms with Crippen molar-refractivity contribution in [2.75, 3.05) is 26.6 Å². The van der Waals surface area contributed by atoms with Crippen LogP contribution in [-0.4, -0.2) is 36.7 Å². The van der Waals surface area contributed by atoms with Crippen molar-refractivity contribution in [2.45, 2.75) is 13.5 Å². The Morgan fingerprint density at radius 2 is 1.76 bits per heavy atom. The lowest BCUT2D eigenvalue weighted by Gasteiger charge is -2.14. The minimum absolute atomic E-state index is 0.283. The van der Waals surface area contributed by atoms with Crippen molar-refractivity contribution >= 4 is 28.0 Å². The number of imidazole rings is 1. The minimum Gasteiger partial charge on any atom is -0.493 e. The van der Waals surface area contributed by atoms with Crippen LogP contribution < -0.4 is 24.8 Å². The molecule has 0 atom stereocenters. The van der Waals surface area contributed by atoms with Gasteiger partial charge in [-0.3, -0.25) is 4.40 Å². The number of aromatic nitrogens is 2. The maximum absolute atomic E-state index is 13.2. The van der Waals surface area contributed by atoms with Crippen LogP contribution in [-0.2, 0) is 6.54 Å². The fourth-order valence-corrected chi connectivity index (χ4v) is 4.45. The zero-order chi connectivity index (χ0) is 23.5. The molecule has 2 aromatic heterocycles. The molecule has 0 fully saturated rings. The van der Waals surface area contributed by atoms with Gasteiger partial charge in [0.05, 0.1) is 39.3 Å². The van der Waals surface area contributed by atoms with Crippen molar-refractivity contribution in [3.63, 3.8) is 0 Å². The molecule has 2 amide bonds. The smallest absolute Gasteiger partial charge is 0.319 e. The summed E-state index contributed by atoms with van der Waals surface area (Å²) >= 11 is 1.49. The SMILES string of the molecule is COc1cc(NC(=O)NCc2sc3nc(-c4ccc(F)cc4)cn3c2C)cc(OC)c1OC. The zero-order valence-electron chi connectivity index (χ0n) is 18.6. The molecule has 33 heavy (non-hydrogen) atoms. The van der Waals surface area contributed by atoms with E-state index in [2.05, 4.69) is 15.6 Å². The zero-order valence-corrected chi connectivity index (χ0v) is 19.4. The van der Waals surface area contributed by atoms with Gasteiger partial charge in [-0.05, 0) is 31.2 Å². The molecule has 0 unspecified atom stereocenters. The van der Waals surface area contributed by atoms with Crippen LogP contribution in [0.15, 0.2) is 42.6 Å². The van der Waals surface area contributed by atoms with Crippen LogP contribution in [0.2, 0.25) is 0 Å². The van der Waals surface area contributed by atoms with Crippen LogP contribution >= 0.6 is 11.3 Å². The number of methoxy groups -OCH3 is 3. The van der Waals surface area contributed by atoms with E-state index in [1.807, 2.05) is 17.5 Å². The Labute approximate surface area is 193 Å². The molecule has 172 valence electrons. The molecule has 0 bridgehead atoms. The predicted molar refractivity (Wildman–Crippen MR) is 125 cm³/mol. The number of amides is 2. The Hall–Kier alpha value is -3.79. The molecule has 0 aliphatic carbocycles. The molecule has 2 N–H and O–H groups in total. The van der Waals surface area contributed by atoms with Crippen molar-refractivity contribution in [3.05, 3.63) is 59.0 Å². The number of benzene rings is 2.